The lowest BCUT2D eigenvalue weighted by atomic mass is 10.6. The van der Waals surface area contributed by atoms with Gasteiger partial charge in [0, 0.05) is 0 Å². The molecule has 1 radical (unpaired) electrons. The van der Waals surface area contributed by atoms with Gasteiger partial charge in [-0.2, -0.15) is 0 Å². The fourth-order valence-corrected chi connectivity index (χ4v) is 0.278. The van der Waals surface area contributed by atoms with Crippen LogP contribution in [0.2, 0.25) is 0 Å². The van der Waals surface area contributed by atoms with Crippen molar-refractivity contribution in [3.8, 4) is 0 Å². The summed E-state index contributed by atoms with van der Waals surface area (Å²) in [5, 5.41) is 2.78. The van der Waals surface area contributed by atoms with Crippen LogP contribution in [0.25, 0.3) is 0 Å². The highest BCUT2D eigenvalue weighted by Gasteiger charge is 1.94. The van der Waals surface area contributed by atoms with Crippen LogP contribution in [0.4, 0.5) is 0 Å². The van der Waals surface area contributed by atoms with Crippen LogP contribution in [0.15, 0.2) is 0 Å². The second-order valence-electron chi connectivity index (χ2n) is 1.30. The highest BCUT2D eigenvalue weighted by Crippen LogP contribution is 1.69. The topological polar surface area (TPSA) is 38.3 Å². The Labute approximate surface area is 49.0 Å². The Morgan fingerprint density at radius 2 is 2.50 bits per heavy atom. The quantitative estimate of drug-likeness (QED) is 0.524. The molecule has 0 rings (SSSR count). The predicted molar refractivity (Wildman–Crippen MR) is 30.0 cm³/mol. The van der Waals surface area contributed by atoms with E-state index in [1.807, 2.05) is 6.92 Å². The first-order valence-corrected chi connectivity index (χ1v) is 2.46. The molecule has 0 saturated heterocycles. The van der Waals surface area contributed by atoms with Gasteiger partial charge in [0.1, 0.15) is 7.11 Å². The van der Waals surface area contributed by atoms with Gasteiger partial charge in [-0.25, -0.2) is 0 Å². The van der Waals surface area contributed by atoms with E-state index >= 15 is 0 Å². The molecule has 0 aliphatic carbocycles. The van der Waals surface area contributed by atoms with Gasteiger partial charge < -0.3 is 10.1 Å². The summed E-state index contributed by atoms with van der Waals surface area (Å²) in [4.78, 5) is 10.2. The van der Waals surface area contributed by atoms with Crippen LogP contribution in [-0.4, -0.2) is 19.1 Å². The van der Waals surface area contributed by atoms with Gasteiger partial charge in [0.25, 0.3) is 0 Å². The van der Waals surface area contributed by atoms with Gasteiger partial charge >= 0.3 is 5.97 Å². The van der Waals surface area contributed by atoms with Crippen molar-refractivity contribution in [3.05, 3.63) is 7.11 Å². The Hall–Kier alpha value is -0.570. The molecule has 0 unspecified atom stereocenters. The van der Waals surface area contributed by atoms with Crippen LogP contribution in [0.5, 0.6) is 0 Å². The fourth-order valence-electron chi connectivity index (χ4n) is 0.278. The molecule has 8 heavy (non-hydrogen) atoms. The molecule has 0 spiro atoms. The molecule has 3 nitrogen and oxygen atoms in total. The molecular formula is C5H10NO2. The Kier molecular flexibility index (Phi) is 4.26. The summed E-state index contributed by atoms with van der Waals surface area (Å²) < 4.78 is 4.10. The standard InChI is InChI=1S/C5H10NO2/c1-3-6-4-5(7)8-2/h6H,2-4H2,1H3. The molecule has 0 saturated carbocycles. The lowest BCUT2D eigenvalue weighted by molar-refractivity contribution is -0.137. The van der Waals surface area contributed by atoms with E-state index < -0.39 is 0 Å². The summed E-state index contributed by atoms with van der Waals surface area (Å²) in [5.41, 5.74) is 0. The first-order chi connectivity index (χ1) is 3.81. The van der Waals surface area contributed by atoms with Crippen molar-refractivity contribution in [2.45, 2.75) is 6.92 Å². The molecule has 0 aliphatic rings. The second-order valence-corrected chi connectivity index (χ2v) is 1.30. The minimum atomic E-state index is -0.327. The number of carbonyl (C=O) groups is 1. The van der Waals surface area contributed by atoms with Gasteiger partial charge in [0.2, 0.25) is 0 Å². The molecule has 0 bridgehead atoms. The molecule has 1 N–H and O–H groups in total. The summed E-state index contributed by atoms with van der Waals surface area (Å²) in [6.45, 7) is 2.94. The summed E-state index contributed by atoms with van der Waals surface area (Å²) in [6, 6.07) is 0. The van der Waals surface area contributed by atoms with Gasteiger partial charge in [-0.05, 0) is 6.54 Å². The average molecular weight is 116 g/mol. The maximum absolute atomic E-state index is 10.2. The van der Waals surface area contributed by atoms with E-state index in [0.29, 0.717) is 0 Å². The van der Waals surface area contributed by atoms with E-state index in [4.69, 9.17) is 0 Å². The van der Waals surface area contributed by atoms with Crippen LogP contribution in [0.1, 0.15) is 6.92 Å². The van der Waals surface area contributed by atoms with E-state index in [0.717, 1.165) is 6.54 Å². The zero-order valence-electron chi connectivity index (χ0n) is 4.94. The summed E-state index contributed by atoms with van der Waals surface area (Å²) in [5.74, 6) is -0.327. The Balaban J connectivity index is 2.99. The highest BCUT2D eigenvalue weighted by molar-refractivity contribution is 5.71. The van der Waals surface area contributed by atoms with E-state index in [-0.39, 0.29) is 12.5 Å². The van der Waals surface area contributed by atoms with E-state index in [1.54, 1.807) is 0 Å². The van der Waals surface area contributed by atoms with Crippen molar-refractivity contribution in [1.82, 2.24) is 5.32 Å². The SMILES string of the molecule is [CH2]OC(=O)CNCC. The monoisotopic (exact) mass is 116 g/mol. The molecule has 47 valence electrons. The third-order valence-corrected chi connectivity index (χ3v) is 0.680. The number of likely N-dealkylation sites (N-methyl/N-ethyl adjacent to an activating group) is 1. The van der Waals surface area contributed by atoms with Crippen molar-refractivity contribution in [3.63, 3.8) is 0 Å². The van der Waals surface area contributed by atoms with Crippen molar-refractivity contribution >= 4 is 5.97 Å². The number of nitrogens with one attached hydrogen (secondary N) is 1. The van der Waals surface area contributed by atoms with Crippen molar-refractivity contribution in [2.75, 3.05) is 13.1 Å². The van der Waals surface area contributed by atoms with Gasteiger partial charge in [0.05, 0.1) is 6.54 Å². The number of ether oxygens (including phenoxy) is 1. The molecule has 0 aliphatic heterocycles. The number of hydrogen-bond donors (Lipinski definition) is 1. The first kappa shape index (κ1) is 7.43. The van der Waals surface area contributed by atoms with Crippen molar-refractivity contribution < 1.29 is 9.53 Å². The average Bonchev–Trinajstić information content (AvgIpc) is 1.83. The van der Waals surface area contributed by atoms with E-state index in [9.17, 15) is 4.79 Å². The van der Waals surface area contributed by atoms with E-state index in [2.05, 4.69) is 17.2 Å². The summed E-state index contributed by atoms with van der Waals surface area (Å²) in [7, 11) is 2.95. The summed E-state index contributed by atoms with van der Waals surface area (Å²) in [6.07, 6.45) is 0. The largest absolute Gasteiger partial charge is 0.461 e. The van der Waals surface area contributed by atoms with Crippen LogP contribution in [0, 0.1) is 7.11 Å². The minimum absolute atomic E-state index is 0.250. The highest BCUT2D eigenvalue weighted by atomic mass is 16.5. The number of esters is 1. The maximum Gasteiger partial charge on any atom is 0.320 e. The third kappa shape index (κ3) is 3.61. The van der Waals surface area contributed by atoms with Crippen LogP contribution < -0.4 is 5.32 Å². The third-order valence-electron chi connectivity index (χ3n) is 0.680. The molecular weight excluding hydrogens is 106 g/mol. The fraction of sp³-hybridized carbons (Fsp3) is 0.600. The predicted octanol–water partition coefficient (Wildman–Crippen LogP) is -0.0693. The lowest BCUT2D eigenvalue weighted by Crippen LogP contribution is -2.22. The molecule has 3 heteroatoms. The molecule has 0 atom stereocenters. The molecule has 0 heterocycles. The Morgan fingerprint density at radius 3 is 2.88 bits per heavy atom. The van der Waals surface area contributed by atoms with E-state index in [1.165, 1.54) is 0 Å². The Morgan fingerprint density at radius 1 is 1.88 bits per heavy atom. The lowest BCUT2D eigenvalue weighted by Gasteiger charge is -1.96. The zero-order valence-corrected chi connectivity index (χ0v) is 4.94. The van der Waals surface area contributed by atoms with Crippen molar-refractivity contribution in [1.29, 1.82) is 0 Å². The number of carbonyl (C=O) groups excluding carboxylic acids is 1. The summed E-state index contributed by atoms with van der Waals surface area (Å²) >= 11 is 0. The Bertz CT molecular complexity index is 72.8. The van der Waals surface area contributed by atoms with Gasteiger partial charge in [-0.3, -0.25) is 4.79 Å². The zero-order chi connectivity index (χ0) is 6.41. The smallest absolute Gasteiger partial charge is 0.320 e. The number of rotatable bonds is 3. The molecule has 0 fully saturated rings. The van der Waals surface area contributed by atoms with Gasteiger partial charge in [0.15, 0.2) is 0 Å². The minimum Gasteiger partial charge on any atom is -0.461 e. The van der Waals surface area contributed by atoms with Gasteiger partial charge in [-0.1, -0.05) is 6.92 Å². The normalized spacial score (nSPS) is 8.75. The molecule has 0 aromatic rings. The van der Waals surface area contributed by atoms with Crippen molar-refractivity contribution in [2.24, 2.45) is 0 Å². The maximum atomic E-state index is 10.2. The molecule has 0 aromatic heterocycles. The van der Waals surface area contributed by atoms with Gasteiger partial charge in [-0.15, -0.1) is 0 Å². The number of hydrogen-bond acceptors (Lipinski definition) is 3. The molecule has 0 aromatic carbocycles. The van der Waals surface area contributed by atoms with Crippen LogP contribution >= 0.6 is 0 Å². The van der Waals surface area contributed by atoms with Crippen LogP contribution in [0.3, 0.4) is 0 Å². The van der Waals surface area contributed by atoms with Crippen LogP contribution in [-0.2, 0) is 9.53 Å². The molecule has 0 amide bonds. The second kappa shape index (κ2) is 4.59. The first-order valence-electron chi connectivity index (χ1n) is 2.46.